The molecule has 0 aromatic heterocycles. The lowest BCUT2D eigenvalue weighted by Gasteiger charge is -2.33. The molecule has 0 aliphatic carbocycles. The van der Waals surface area contributed by atoms with Crippen LogP contribution in [0.5, 0.6) is 0 Å². The summed E-state index contributed by atoms with van der Waals surface area (Å²) < 4.78 is 27.0. The maximum absolute atomic E-state index is 13.5. The predicted octanol–water partition coefficient (Wildman–Crippen LogP) is 3.85. The Morgan fingerprint density at radius 3 is 2.50 bits per heavy atom. The molecule has 0 amide bonds. The van der Waals surface area contributed by atoms with Crippen LogP contribution in [-0.4, -0.2) is 18.5 Å². The van der Waals surface area contributed by atoms with Gasteiger partial charge in [0.05, 0.1) is 0 Å². The molecule has 2 aromatic rings. The number of likely N-dealkylation sites (N-methyl/N-ethyl adjacent to an activating group) is 1. The summed E-state index contributed by atoms with van der Waals surface area (Å²) >= 11 is 0. The molecule has 3 rings (SSSR count). The summed E-state index contributed by atoms with van der Waals surface area (Å²) in [5.41, 5.74) is 4.36. The molecule has 0 fully saturated rings. The Hall–Kier alpha value is -1.74. The van der Waals surface area contributed by atoms with E-state index in [-0.39, 0.29) is 5.92 Å². The molecule has 2 aromatic carbocycles. The van der Waals surface area contributed by atoms with Gasteiger partial charge in [-0.1, -0.05) is 18.2 Å². The molecular weight excluding hydrogens is 256 g/mol. The van der Waals surface area contributed by atoms with Crippen LogP contribution in [0.3, 0.4) is 0 Å². The average molecular weight is 273 g/mol. The van der Waals surface area contributed by atoms with Gasteiger partial charge in [0.15, 0.2) is 0 Å². The van der Waals surface area contributed by atoms with Crippen molar-refractivity contribution in [3.63, 3.8) is 0 Å². The topological polar surface area (TPSA) is 3.24 Å². The van der Waals surface area contributed by atoms with Crippen LogP contribution in [-0.2, 0) is 6.54 Å². The van der Waals surface area contributed by atoms with E-state index in [9.17, 15) is 8.78 Å². The highest BCUT2D eigenvalue weighted by molar-refractivity contribution is 5.45. The van der Waals surface area contributed by atoms with Crippen LogP contribution < -0.4 is 0 Å². The predicted molar refractivity (Wildman–Crippen MR) is 75.7 cm³/mol. The third-order valence-electron chi connectivity index (χ3n) is 3.98. The van der Waals surface area contributed by atoms with Crippen molar-refractivity contribution in [2.24, 2.45) is 0 Å². The van der Waals surface area contributed by atoms with E-state index in [1.54, 1.807) is 0 Å². The summed E-state index contributed by atoms with van der Waals surface area (Å²) in [6.07, 6.45) is 0. The second kappa shape index (κ2) is 4.98. The Morgan fingerprint density at radius 2 is 1.80 bits per heavy atom. The van der Waals surface area contributed by atoms with E-state index in [4.69, 9.17) is 0 Å². The SMILES string of the molecule is Cc1cccc2c1[C@@H](c1cc(F)cc(F)c1)CN(C)C2. The summed E-state index contributed by atoms with van der Waals surface area (Å²) in [7, 11) is 2.04. The van der Waals surface area contributed by atoms with Crippen molar-refractivity contribution in [1.29, 1.82) is 0 Å². The highest BCUT2D eigenvalue weighted by Crippen LogP contribution is 2.35. The van der Waals surface area contributed by atoms with Gasteiger partial charge in [0, 0.05) is 25.1 Å². The van der Waals surface area contributed by atoms with Gasteiger partial charge in [0.25, 0.3) is 0 Å². The van der Waals surface area contributed by atoms with Gasteiger partial charge in [-0.2, -0.15) is 0 Å². The van der Waals surface area contributed by atoms with Gasteiger partial charge in [0.2, 0.25) is 0 Å². The zero-order chi connectivity index (χ0) is 14.3. The molecular formula is C17H17F2N. The molecule has 104 valence electrons. The molecule has 1 aliphatic rings. The van der Waals surface area contributed by atoms with Crippen LogP contribution in [0.2, 0.25) is 0 Å². The quantitative estimate of drug-likeness (QED) is 0.763. The Morgan fingerprint density at radius 1 is 1.10 bits per heavy atom. The van der Waals surface area contributed by atoms with Crippen LogP contribution in [0.1, 0.15) is 28.2 Å². The van der Waals surface area contributed by atoms with E-state index in [0.29, 0.717) is 5.56 Å². The molecule has 1 atom stereocenters. The first-order valence-electron chi connectivity index (χ1n) is 6.77. The summed E-state index contributed by atoms with van der Waals surface area (Å²) in [4.78, 5) is 2.19. The zero-order valence-corrected chi connectivity index (χ0v) is 11.7. The molecule has 1 nitrogen and oxygen atoms in total. The Balaban J connectivity index is 2.15. The first-order chi connectivity index (χ1) is 9.54. The van der Waals surface area contributed by atoms with E-state index < -0.39 is 11.6 Å². The van der Waals surface area contributed by atoms with E-state index in [1.165, 1.54) is 28.8 Å². The molecule has 20 heavy (non-hydrogen) atoms. The molecule has 0 unspecified atom stereocenters. The van der Waals surface area contributed by atoms with Crippen LogP contribution in [0.25, 0.3) is 0 Å². The summed E-state index contributed by atoms with van der Waals surface area (Å²) in [6.45, 7) is 3.72. The Bertz CT molecular complexity index is 631. The first-order valence-corrected chi connectivity index (χ1v) is 6.77. The molecule has 0 saturated heterocycles. The normalized spacial score (nSPS) is 18.9. The molecule has 0 bridgehead atoms. The summed E-state index contributed by atoms with van der Waals surface area (Å²) in [5, 5.41) is 0. The lowest BCUT2D eigenvalue weighted by molar-refractivity contribution is 0.294. The smallest absolute Gasteiger partial charge is 0.126 e. The van der Waals surface area contributed by atoms with Crippen molar-refractivity contribution < 1.29 is 8.78 Å². The highest BCUT2D eigenvalue weighted by Gasteiger charge is 2.26. The third kappa shape index (κ3) is 2.34. The number of halogens is 2. The number of hydrogen-bond donors (Lipinski definition) is 0. The third-order valence-corrected chi connectivity index (χ3v) is 3.98. The second-order valence-electron chi connectivity index (χ2n) is 5.60. The van der Waals surface area contributed by atoms with Crippen LogP contribution in [0.4, 0.5) is 8.78 Å². The van der Waals surface area contributed by atoms with Crippen LogP contribution in [0.15, 0.2) is 36.4 Å². The van der Waals surface area contributed by atoms with Crippen molar-refractivity contribution in [2.45, 2.75) is 19.4 Å². The summed E-state index contributed by atoms with van der Waals surface area (Å²) in [6, 6.07) is 10.0. The summed E-state index contributed by atoms with van der Waals surface area (Å²) in [5.74, 6) is -0.998. The van der Waals surface area contributed by atoms with Gasteiger partial charge in [-0.15, -0.1) is 0 Å². The monoisotopic (exact) mass is 273 g/mol. The molecule has 0 radical (unpaired) electrons. The van der Waals surface area contributed by atoms with Crippen molar-refractivity contribution in [2.75, 3.05) is 13.6 Å². The standard InChI is InChI=1S/C17H17F2N/c1-11-4-3-5-12-9-20(2)10-16(17(11)12)13-6-14(18)8-15(19)7-13/h3-8,16H,9-10H2,1-2H3/t16-/m1/s1. The molecule has 0 saturated carbocycles. The number of aryl methyl sites for hydroxylation is 1. The highest BCUT2D eigenvalue weighted by atomic mass is 19.1. The fourth-order valence-electron chi connectivity index (χ4n) is 3.18. The van der Waals surface area contributed by atoms with Gasteiger partial charge in [-0.05, 0) is 48.4 Å². The van der Waals surface area contributed by atoms with Gasteiger partial charge in [-0.25, -0.2) is 8.78 Å². The first kappa shape index (κ1) is 13.3. The fraction of sp³-hybridized carbons (Fsp3) is 0.294. The van der Waals surface area contributed by atoms with Crippen molar-refractivity contribution in [3.05, 3.63) is 70.3 Å². The number of rotatable bonds is 1. The van der Waals surface area contributed by atoms with E-state index >= 15 is 0 Å². The van der Waals surface area contributed by atoms with E-state index in [1.807, 2.05) is 13.1 Å². The fourth-order valence-corrected chi connectivity index (χ4v) is 3.18. The number of hydrogen-bond acceptors (Lipinski definition) is 1. The molecule has 3 heteroatoms. The largest absolute Gasteiger partial charge is 0.301 e. The number of nitrogens with zero attached hydrogens (tertiary/aromatic N) is 1. The number of benzene rings is 2. The minimum absolute atomic E-state index is 0.0233. The maximum Gasteiger partial charge on any atom is 0.126 e. The zero-order valence-electron chi connectivity index (χ0n) is 11.7. The van der Waals surface area contributed by atoms with E-state index in [0.717, 1.165) is 19.2 Å². The number of fused-ring (bicyclic) bond motifs is 1. The van der Waals surface area contributed by atoms with Crippen molar-refractivity contribution in [1.82, 2.24) is 4.90 Å². The van der Waals surface area contributed by atoms with Crippen molar-refractivity contribution >= 4 is 0 Å². The lowest BCUT2D eigenvalue weighted by atomic mass is 9.82. The molecule has 0 spiro atoms. The minimum atomic E-state index is -0.511. The second-order valence-corrected chi connectivity index (χ2v) is 5.60. The lowest BCUT2D eigenvalue weighted by Crippen LogP contribution is -2.31. The molecule has 1 aliphatic heterocycles. The van der Waals surface area contributed by atoms with Crippen LogP contribution in [0, 0.1) is 18.6 Å². The molecule has 1 heterocycles. The van der Waals surface area contributed by atoms with Crippen LogP contribution >= 0.6 is 0 Å². The maximum atomic E-state index is 13.5. The van der Waals surface area contributed by atoms with Gasteiger partial charge >= 0.3 is 0 Å². The van der Waals surface area contributed by atoms with Gasteiger partial charge < -0.3 is 4.90 Å². The Labute approximate surface area is 117 Å². The average Bonchev–Trinajstić information content (AvgIpc) is 2.36. The van der Waals surface area contributed by atoms with Gasteiger partial charge in [-0.3, -0.25) is 0 Å². The van der Waals surface area contributed by atoms with Crippen molar-refractivity contribution in [3.8, 4) is 0 Å². The van der Waals surface area contributed by atoms with E-state index in [2.05, 4.69) is 24.0 Å². The molecule has 0 N–H and O–H groups in total. The van der Waals surface area contributed by atoms with Gasteiger partial charge in [0.1, 0.15) is 11.6 Å². The Kier molecular flexibility index (Phi) is 3.30. The minimum Gasteiger partial charge on any atom is -0.301 e.